The van der Waals surface area contributed by atoms with Gasteiger partial charge in [-0.15, -0.1) is 11.3 Å². The minimum atomic E-state index is 0.156. The third-order valence-electron chi connectivity index (χ3n) is 3.36. The van der Waals surface area contributed by atoms with Gasteiger partial charge in [-0.1, -0.05) is 0 Å². The lowest BCUT2D eigenvalue weighted by molar-refractivity contribution is 0.826. The van der Waals surface area contributed by atoms with Crippen molar-refractivity contribution in [3.05, 3.63) is 28.5 Å². The van der Waals surface area contributed by atoms with Crippen LogP contribution in [-0.2, 0) is 0 Å². The highest BCUT2D eigenvalue weighted by molar-refractivity contribution is 7.99. The Kier molecular flexibility index (Phi) is 4.60. The molecule has 0 saturated carbocycles. The van der Waals surface area contributed by atoms with Gasteiger partial charge in [0.15, 0.2) is 0 Å². The summed E-state index contributed by atoms with van der Waals surface area (Å²) in [5, 5.41) is 6.57. The van der Waals surface area contributed by atoms with E-state index < -0.39 is 0 Å². The third kappa shape index (κ3) is 3.65. The number of nitrogens with zero attached hydrogens (tertiary/aromatic N) is 4. The lowest BCUT2D eigenvalue weighted by atomic mass is 10.3. The molecule has 0 aromatic carbocycles. The topological polar surface area (TPSA) is 53.9 Å². The number of nitrogens with one attached hydrogen (secondary N) is 1. The average Bonchev–Trinajstić information content (AvgIpc) is 2.95. The highest BCUT2D eigenvalue weighted by Gasteiger charge is 2.14. The van der Waals surface area contributed by atoms with Crippen LogP contribution in [0.3, 0.4) is 0 Å². The van der Waals surface area contributed by atoms with E-state index in [1.807, 2.05) is 24.8 Å². The standard InChI is InChI=1S/C14H19N5S2/c1-10-8-21-14(17-10)11(2)18-12-7-13(16-9-15-12)19-3-5-20-6-4-19/h7-9,11H,3-6H2,1-2H3,(H,15,16,18). The largest absolute Gasteiger partial charge is 0.361 e. The molecule has 0 spiro atoms. The van der Waals surface area contributed by atoms with Gasteiger partial charge in [-0.25, -0.2) is 15.0 Å². The maximum atomic E-state index is 4.52. The average molecular weight is 321 g/mol. The number of rotatable bonds is 4. The molecule has 7 heteroatoms. The van der Waals surface area contributed by atoms with Crippen molar-refractivity contribution in [2.45, 2.75) is 19.9 Å². The zero-order valence-corrected chi connectivity index (χ0v) is 13.9. The van der Waals surface area contributed by atoms with E-state index in [-0.39, 0.29) is 6.04 Å². The van der Waals surface area contributed by atoms with E-state index in [1.54, 1.807) is 17.7 Å². The number of hydrogen-bond acceptors (Lipinski definition) is 7. The molecular weight excluding hydrogens is 302 g/mol. The van der Waals surface area contributed by atoms with E-state index in [9.17, 15) is 0 Å². The Morgan fingerprint density at radius 1 is 1.29 bits per heavy atom. The minimum Gasteiger partial charge on any atom is -0.361 e. The molecule has 0 radical (unpaired) electrons. The van der Waals surface area contributed by atoms with Crippen molar-refractivity contribution in [2.24, 2.45) is 0 Å². The fourth-order valence-corrected chi connectivity index (χ4v) is 3.95. The molecule has 21 heavy (non-hydrogen) atoms. The molecule has 2 aromatic heterocycles. The Morgan fingerprint density at radius 2 is 2.10 bits per heavy atom. The lowest BCUT2D eigenvalue weighted by Gasteiger charge is -2.27. The number of anilines is 2. The van der Waals surface area contributed by atoms with E-state index in [0.29, 0.717) is 0 Å². The molecular formula is C14H19N5S2. The summed E-state index contributed by atoms with van der Waals surface area (Å²) < 4.78 is 0. The molecule has 2 aromatic rings. The molecule has 1 aliphatic rings. The fraction of sp³-hybridized carbons (Fsp3) is 0.500. The number of hydrogen-bond donors (Lipinski definition) is 1. The summed E-state index contributed by atoms with van der Waals surface area (Å²) in [5.41, 5.74) is 1.07. The summed E-state index contributed by atoms with van der Waals surface area (Å²) >= 11 is 3.68. The van der Waals surface area contributed by atoms with E-state index >= 15 is 0 Å². The van der Waals surface area contributed by atoms with Gasteiger partial charge in [-0.05, 0) is 13.8 Å². The van der Waals surface area contributed by atoms with E-state index in [4.69, 9.17) is 0 Å². The van der Waals surface area contributed by atoms with Crippen LogP contribution < -0.4 is 10.2 Å². The van der Waals surface area contributed by atoms with Gasteiger partial charge in [-0.2, -0.15) is 11.8 Å². The molecule has 1 aliphatic heterocycles. The molecule has 112 valence electrons. The first kappa shape index (κ1) is 14.6. The molecule has 1 saturated heterocycles. The van der Waals surface area contributed by atoms with Crippen LogP contribution in [0.2, 0.25) is 0 Å². The molecule has 1 N–H and O–H groups in total. The summed E-state index contributed by atoms with van der Waals surface area (Å²) in [5.74, 6) is 4.21. The molecule has 3 rings (SSSR count). The maximum Gasteiger partial charge on any atom is 0.134 e. The fourth-order valence-electron chi connectivity index (χ4n) is 2.25. The van der Waals surface area contributed by atoms with Gasteiger partial charge < -0.3 is 10.2 Å². The summed E-state index contributed by atoms with van der Waals surface area (Å²) in [6.07, 6.45) is 1.64. The zero-order chi connectivity index (χ0) is 14.7. The van der Waals surface area contributed by atoms with E-state index in [1.165, 1.54) is 11.5 Å². The van der Waals surface area contributed by atoms with Crippen LogP contribution in [0.1, 0.15) is 23.7 Å². The third-order valence-corrected chi connectivity index (χ3v) is 5.45. The van der Waals surface area contributed by atoms with Crippen LogP contribution in [0.4, 0.5) is 11.6 Å². The smallest absolute Gasteiger partial charge is 0.134 e. The Morgan fingerprint density at radius 3 is 2.81 bits per heavy atom. The number of aromatic nitrogens is 3. The van der Waals surface area contributed by atoms with Crippen molar-refractivity contribution in [3.8, 4) is 0 Å². The highest BCUT2D eigenvalue weighted by atomic mass is 32.2. The van der Waals surface area contributed by atoms with Crippen molar-refractivity contribution >= 4 is 34.7 Å². The summed E-state index contributed by atoms with van der Waals surface area (Å²) in [4.78, 5) is 15.6. The molecule has 1 fully saturated rings. The minimum absolute atomic E-state index is 0.156. The first-order valence-electron chi connectivity index (χ1n) is 7.05. The molecule has 0 bridgehead atoms. The maximum absolute atomic E-state index is 4.52. The lowest BCUT2D eigenvalue weighted by Crippen LogP contribution is -2.33. The van der Waals surface area contributed by atoms with Crippen molar-refractivity contribution < 1.29 is 0 Å². The summed E-state index contributed by atoms with van der Waals surface area (Å²) in [6, 6.07) is 2.19. The van der Waals surface area contributed by atoms with Crippen molar-refractivity contribution in [2.75, 3.05) is 34.8 Å². The Bertz CT molecular complexity index is 595. The monoisotopic (exact) mass is 321 g/mol. The highest BCUT2D eigenvalue weighted by Crippen LogP contribution is 2.23. The second-order valence-corrected chi connectivity index (χ2v) is 7.17. The van der Waals surface area contributed by atoms with Crippen LogP contribution in [0, 0.1) is 6.92 Å². The van der Waals surface area contributed by atoms with Crippen LogP contribution in [0.15, 0.2) is 17.8 Å². The summed E-state index contributed by atoms with van der Waals surface area (Å²) in [6.45, 7) is 6.24. The molecule has 1 atom stereocenters. The Labute approximate surface area is 133 Å². The molecule has 5 nitrogen and oxygen atoms in total. The van der Waals surface area contributed by atoms with Crippen LogP contribution in [0.25, 0.3) is 0 Å². The van der Waals surface area contributed by atoms with Crippen LogP contribution in [0.5, 0.6) is 0 Å². The Hall–Kier alpha value is -1.34. The van der Waals surface area contributed by atoms with Gasteiger partial charge in [0, 0.05) is 41.7 Å². The van der Waals surface area contributed by atoms with Gasteiger partial charge in [-0.3, -0.25) is 0 Å². The predicted molar refractivity (Wildman–Crippen MR) is 90.5 cm³/mol. The number of aryl methyl sites for hydroxylation is 1. The van der Waals surface area contributed by atoms with Crippen LogP contribution >= 0.6 is 23.1 Å². The van der Waals surface area contributed by atoms with Crippen molar-refractivity contribution in [1.29, 1.82) is 0 Å². The first-order valence-corrected chi connectivity index (χ1v) is 9.09. The number of thioether (sulfide) groups is 1. The van der Waals surface area contributed by atoms with E-state index in [2.05, 4.69) is 37.5 Å². The molecule has 1 unspecified atom stereocenters. The predicted octanol–water partition coefficient (Wildman–Crippen LogP) is 2.97. The van der Waals surface area contributed by atoms with Crippen molar-refractivity contribution in [1.82, 2.24) is 15.0 Å². The molecule has 3 heterocycles. The quantitative estimate of drug-likeness (QED) is 0.934. The molecule has 0 amide bonds. The van der Waals surface area contributed by atoms with Gasteiger partial charge in [0.2, 0.25) is 0 Å². The second-order valence-electron chi connectivity index (χ2n) is 5.05. The zero-order valence-electron chi connectivity index (χ0n) is 12.2. The first-order chi connectivity index (χ1) is 10.2. The van der Waals surface area contributed by atoms with Crippen LogP contribution in [-0.4, -0.2) is 39.5 Å². The molecule has 0 aliphatic carbocycles. The van der Waals surface area contributed by atoms with Crippen molar-refractivity contribution in [3.63, 3.8) is 0 Å². The van der Waals surface area contributed by atoms with Gasteiger partial charge >= 0.3 is 0 Å². The summed E-state index contributed by atoms with van der Waals surface area (Å²) in [7, 11) is 0. The second kappa shape index (κ2) is 6.62. The Balaban J connectivity index is 1.70. The number of thiazole rings is 1. The SMILES string of the molecule is Cc1csc(C(C)Nc2cc(N3CCSCC3)ncn2)n1. The van der Waals surface area contributed by atoms with Gasteiger partial charge in [0.1, 0.15) is 23.0 Å². The van der Waals surface area contributed by atoms with Gasteiger partial charge in [0.05, 0.1) is 6.04 Å². The normalized spacial score (nSPS) is 16.8. The van der Waals surface area contributed by atoms with Gasteiger partial charge in [0.25, 0.3) is 0 Å². The van der Waals surface area contributed by atoms with E-state index in [0.717, 1.165) is 35.4 Å².